The van der Waals surface area contributed by atoms with E-state index in [0.29, 0.717) is 19.4 Å². The van der Waals surface area contributed by atoms with Crippen molar-refractivity contribution < 1.29 is 24.5 Å². The molecule has 3 N–H and O–H groups in total. The van der Waals surface area contributed by atoms with Crippen molar-refractivity contribution in [2.75, 3.05) is 13.2 Å². The summed E-state index contributed by atoms with van der Waals surface area (Å²) in [5.41, 5.74) is 0. The Bertz CT molecular complexity index is 1290. The third kappa shape index (κ3) is 62.9. The molecular weight excluding hydrogens is 947 g/mol. The first-order valence-corrected chi connectivity index (χ1v) is 34.4. The number of unbranched alkanes of at least 4 members (excludes halogenated alkanes) is 47. The molecule has 77 heavy (non-hydrogen) atoms. The van der Waals surface area contributed by atoms with E-state index >= 15 is 0 Å². The summed E-state index contributed by atoms with van der Waals surface area (Å²) in [5.74, 6) is -0.0636. The van der Waals surface area contributed by atoms with Gasteiger partial charge in [0, 0.05) is 12.8 Å². The van der Waals surface area contributed by atoms with Crippen molar-refractivity contribution in [3.05, 3.63) is 48.6 Å². The lowest BCUT2D eigenvalue weighted by Crippen LogP contribution is -2.45. The molecule has 0 aliphatic heterocycles. The minimum Gasteiger partial charge on any atom is -0.466 e. The second-order valence-electron chi connectivity index (χ2n) is 23.5. The zero-order chi connectivity index (χ0) is 55.7. The summed E-state index contributed by atoms with van der Waals surface area (Å²) in [4.78, 5) is 24.5. The van der Waals surface area contributed by atoms with E-state index in [1.807, 2.05) is 6.08 Å². The molecule has 0 saturated heterocycles. The number of hydrogen-bond donors (Lipinski definition) is 3. The van der Waals surface area contributed by atoms with Crippen molar-refractivity contribution >= 4 is 11.9 Å². The van der Waals surface area contributed by atoms with E-state index < -0.39 is 12.1 Å². The van der Waals surface area contributed by atoms with Crippen LogP contribution >= 0.6 is 0 Å². The lowest BCUT2D eigenvalue weighted by molar-refractivity contribution is -0.143. The van der Waals surface area contributed by atoms with Crippen molar-refractivity contribution in [1.29, 1.82) is 0 Å². The van der Waals surface area contributed by atoms with Crippen LogP contribution in [0.2, 0.25) is 0 Å². The number of esters is 1. The van der Waals surface area contributed by atoms with E-state index in [4.69, 9.17) is 4.74 Å². The van der Waals surface area contributed by atoms with Crippen LogP contribution in [0.5, 0.6) is 0 Å². The number of carbonyl (C=O) groups excluding carboxylic acids is 2. The zero-order valence-electron chi connectivity index (χ0n) is 51.7. The van der Waals surface area contributed by atoms with Crippen LogP contribution in [0.3, 0.4) is 0 Å². The molecule has 0 fully saturated rings. The van der Waals surface area contributed by atoms with Gasteiger partial charge in [0.25, 0.3) is 0 Å². The highest BCUT2D eigenvalue weighted by Crippen LogP contribution is 2.18. The van der Waals surface area contributed by atoms with Crippen LogP contribution in [0, 0.1) is 0 Å². The Balaban J connectivity index is 3.40. The van der Waals surface area contributed by atoms with Crippen molar-refractivity contribution in [2.24, 2.45) is 0 Å². The Kier molecular flexibility index (Phi) is 64.5. The van der Waals surface area contributed by atoms with E-state index in [0.717, 1.165) is 51.4 Å². The predicted octanol–water partition coefficient (Wildman–Crippen LogP) is 22.1. The number of aliphatic hydroxyl groups is 2. The van der Waals surface area contributed by atoms with Gasteiger partial charge in [0.15, 0.2) is 0 Å². The van der Waals surface area contributed by atoms with Crippen LogP contribution < -0.4 is 5.32 Å². The van der Waals surface area contributed by atoms with Crippen molar-refractivity contribution in [2.45, 2.75) is 379 Å². The molecule has 1 amide bonds. The van der Waals surface area contributed by atoms with E-state index in [1.54, 1.807) is 6.08 Å². The molecular formula is C71H133NO5. The van der Waals surface area contributed by atoms with Crippen molar-refractivity contribution in [1.82, 2.24) is 5.32 Å². The number of ether oxygens (including phenoxy) is 1. The normalized spacial score (nSPS) is 12.8. The lowest BCUT2D eigenvalue weighted by atomic mass is 10.0. The molecule has 0 spiro atoms. The molecule has 0 bridgehead atoms. The summed E-state index contributed by atoms with van der Waals surface area (Å²) in [6, 6.07) is -0.628. The van der Waals surface area contributed by atoms with Gasteiger partial charge in [-0.15, -0.1) is 0 Å². The van der Waals surface area contributed by atoms with Gasteiger partial charge in [-0.2, -0.15) is 0 Å². The van der Waals surface area contributed by atoms with Gasteiger partial charge in [-0.1, -0.05) is 319 Å². The van der Waals surface area contributed by atoms with Gasteiger partial charge in [-0.3, -0.25) is 9.59 Å². The molecule has 0 aliphatic carbocycles. The number of nitrogens with one attached hydrogen (secondary N) is 1. The molecule has 2 unspecified atom stereocenters. The third-order valence-electron chi connectivity index (χ3n) is 15.8. The quantitative estimate of drug-likeness (QED) is 0.0320. The Morgan fingerprint density at radius 1 is 0.364 bits per heavy atom. The molecule has 6 nitrogen and oxygen atoms in total. The number of allylic oxidation sites excluding steroid dienone is 7. The van der Waals surface area contributed by atoms with Crippen LogP contribution in [0.1, 0.15) is 367 Å². The number of carbonyl (C=O) groups is 2. The number of rotatable bonds is 64. The maximum absolute atomic E-state index is 12.5. The second kappa shape index (κ2) is 66.3. The van der Waals surface area contributed by atoms with Gasteiger partial charge in [-0.05, 0) is 83.5 Å². The first kappa shape index (κ1) is 74.8. The van der Waals surface area contributed by atoms with Crippen LogP contribution in [0.25, 0.3) is 0 Å². The first-order valence-electron chi connectivity index (χ1n) is 34.4. The Morgan fingerprint density at radius 3 is 1.04 bits per heavy atom. The third-order valence-corrected chi connectivity index (χ3v) is 15.8. The van der Waals surface area contributed by atoms with Gasteiger partial charge in [0.2, 0.25) is 5.91 Å². The monoisotopic (exact) mass is 1080 g/mol. The minimum absolute atomic E-state index is 0.00145. The average molecular weight is 1080 g/mol. The molecule has 6 heteroatoms. The summed E-state index contributed by atoms with van der Waals surface area (Å²) in [6.45, 7) is 4.88. The Hall–Kier alpha value is -2.18. The fourth-order valence-corrected chi connectivity index (χ4v) is 10.5. The summed E-state index contributed by atoms with van der Waals surface area (Å²) < 4.78 is 5.48. The molecule has 0 radical (unpaired) electrons. The highest BCUT2D eigenvalue weighted by atomic mass is 16.5. The summed E-state index contributed by atoms with van der Waals surface area (Å²) in [7, 11) is 0. The maximum atomic E-state index is 12.5. The standard InChI is InChI=1S/C71H133NO5/c1-3-5-7-9-11-13-15-17-19-33-36-39-43-47-51-55-59-63-69(74)68(67-73)72-70(75)64-60-56-52-48-44-40-37-34-31-29-27-25-23-21-20-22-24-26-28-30-32-35-38-42-46-50-54-58-62-66-77-71(76)65-61-57-53-49-45-41-18-16-14-12-10-8-6-4-2/h10,12,16,18,20,22,59,63,68-69,73-74H,3-9,11,13-15,17,19,21,23-58,60-62,64-67H2,1-2H3,(H,72,75)/b12-10-,18-16-,22-20-,63-59+. The van der Waals surface area contributed by atoms with Gasteiger partial charge >= 0.3 is 5.97 Å². The fourth-order valence-electron chi connectivity index (χ4n) is 10.5. The molecule has 0 saturated carbocycles. The van der Waals surface area contributed by atoms with E-state index in [9.17, 15) is 19.8 Å². The van der Waals surface area contributed by atoms with Crippen LogP contribution in [0.4, 0.5) is 0 Å². The number of aliphatic hydroxyl groups excluding tert-OH is 2. The van der Waals surface area contributed by atoms with Gasteiger partial charge in [-0.25, -0.2) is 0 Å². The molecule has 0 aromatic rings. The van der Waals surface area contributed by atoms with Crippen LogP contribution in [-0.2, 0) is 14.3 Å². The second-order valence-corrected chi connectivity index (χ2v) is 23.5. The van der Waals surface area contributed by atoms with Crippen LogP contribution in [0.15, 0.2) is 48.6 Å². The highest BCUT2D eigenvalue weighted by Gasteiger charge is 2.18. The fraction of sp³-hybridized carbons (Fsp3) is 0.859. The largest absolute Gasteiger partial charge is 0.466 e. The number of hydrogen-bond acceptors (Lipinski definition) is 5. The molecule has 452 valence electrons. The molecule has 0 aromatic carbocycles. The number of amides is 1. The zero-order valence-corrected chi connectivity index (χ0v) is 51.7. The smallest absolute Gasteiger partial charge is 0.305 e. The Morgan fingerprint density at radius 2 is 0.662 bits per heavy atom. The van der Waals surface area contributed by atoms with Gasteiger partial charge < -0.3 is 20.3 Å². The summed E-state index contributed by atoms with van der Waals surface area (Å²) in [5, 5.41) is 23.2. The molecule has 0 heterocycles. The maximum Gasteiger partial charge on any atom is 0.305 e. The molecule has 2 atom stereocenters. The van der Waals surface area contributed by atoms with Gasteiger partial charge in [0.05, 0.1) is 25.4 Å². The average Bonchev–Trinajstić information content (AvgIpc) is 3.43. The van der Waals surface area contributed by atoms with E-state index in [-0.39, 0.29) is 18.5 Å². The van der Waals surface area contributed by atoms with Crippen molar-refractivity contribution in [3.63, 3.8) is 0 Å². The first-order chi connectivity index (χ1) is 38.0. The van der Waals surface area contributed by atoms with Gasteiger partial charge in [0.1, 0.15) is 0 Å². The summed E-state index contributed by atoms with van der Waals surface area (Å²) >= 11 is 0. The predicted molar refractivity (Wildman–Crippen MR) is 338 cm³/mol. The lowest BCUT2D eigenvalue weighted by Gasteiger charge is -2.20. The van der Waals surface area contributed by atoms with E-state index in [1.165, 1.54) is 289 Å². The molecule has 0 aliphatic rings. The van der Waals surface area contributed by atoms with E-state index in [2.05, 4.69) is 55.6 Å². The molecule has 0 aromatic heterocycles. The summed E-state index contributed by atoms with van der Waals surface area (Å²) in [6.07, 6.45) is 86.1. The topological polar surface area (TPSA) is 95.9 Å². The van der Waals surface area contributed by atoms with Crippen LogP contribution in [-0.4, -0.2) is 47.4 Å². The van der Waals surface area contributed by atoms with Crippen molar-refractivity contribution in [3.8, 4) is 0 Å². The Labute approximate surface area is 480 Å². The highest BCUT2D eigenvalue weighted by molar-refractivity contribution is 5.76. The SMILES string of the molecule is CCCC/C=C\C/C=C\CCCCCCCC(=O)OCCCCCCCCCCCCCC/C=C\CCCCCCCCCCCCCCCC(=O)NC(CO)C(O)/C=C/CCCCCCCCCCCCCCCCC. The minimum atomic E-state index is -0.845. The molecule has 0 rings (SSSR count).